The fourth-order valence-corrected chi connectivity index (χ4v) is 1.85. The summed E-state index contributed by atoms with van der Waals surface area (Å²) in [5, 5.41) is 18.8. The molecule has 0 saturated heterocycles. The molecule has 0 aliphatic heterocycles. The molecule has 2 nitrogen and oxygen atoms in total. The van der Waals surface area contributed by atoms with Crippen molar-refractivity contribution in [3.05, 3.63) is 24.3 Å². The van der Waals surface area contributed by atoms with Crippen LogP contribution >= 0.6 is 11.8 Å². The fourth-order valence-electron chi connectivity index (χ4n) is 0.681. The van der Waals surface area contributed by atoms with Crippen molar-refractivity contribution in [3.63, 3.8) is 0 Å². The molecule has 0 atom stereocenters. The standard InChI is InChI=1S/C8H4N2SSe/c9-5-11-7-1-3-8(4-2-7)12-6-10/h1-4H. The quantitative estimate of drug-likeness (QED) is 0.440. The number of rotatable bonds is 2. The molecule has 0 fully saturated rings. The van der Waals surface area contributed by atoms with E-state index in [0.717, 1.165) is 21.1 Å². The molecule has 0 heterocycles. The summed E-state index contributed by atoms with van der Waals surface area (Å²) >= 11 is 1.04. The Morgan fingerprint density at radius 3 is 2.33 bits per heavy atom. The topological polar surface area (TPSA) is 47.6 Å². The van der Waals surface area contributed by atoms with Gasteiger partial charge in [-0.05, 0) is 0 Å². The molecule has 0 radical (unpaired) electrons. The van der Waals surface area contributed by atoms with Crippen LogP contribution in [0, 0.1) is 20.9 Å². The van der Waals surface area contributed by atoms with Crippen molar-refractivity contribution in [3.8, 4) is 10.4 Å². The first kappa shape index (κ1) is 9.16. The van der Waals surface area contributed by atoms with Crippen LogP contribution in [0.1, 0.15) is 0 Å². The zero-order valence-electron chi connectivity index (χ0n) is 6.02. The molecule has 1 aromatic carbocycles. The molecule has 1 rings (SSSR count). The van der Waals surface area contributed by atoms with Crippen LogP contribution in [0.15, 0.2) is 29.2 Å². The van der Waals surface area contributed by atoms with Crippen LogP contribution < -0.4 is 4.46 Å². The summed E-state index contributed by atoms with van der Waals surface area (Å²) in [7, 11) is 0. The molecule has 0 N–H and O–H groups in total. The third kappa shape index (κ3) is 2.60. The van der Waals surface area contributed by atoms with Gasteiger partial charge in [0.25, 0.3) is 0 Å². The third-order valence-electron chi connectivity index (χ3n) is 1.15. The summed E-state index contributed by atoms with van der Waals surface area (Å²) in [5.41, 5.74) is 0. The Hall–Kier alpha value is -0.931. The second-order valence-corrected chi connectivity index (χ2v) is 4.52. The minimum absolute atomic E-state index is 0.0875. The van der Waals surface area contributed by atoms with Crippen molar-refractivity contribution >= 4 is 31.2 Å². The van der Waals surface area contributed by atoms with Gasteiger partial charge in [-0.2, -0.15) is 0 Å². The van der Waals surface area contributed by atoms with Gasteiger partial charge in [0, 0.05) is 0 Å². The number of nitrogens with zero attached hydrogens (tertiary/aromatic N) is 2. The fraction of sp³-hybridized carbons (Fsp3) is 0. The van der Waals surface area contributed by atoms with E-state index in [4.69, 9.17) is 10.5 Å². The Bertz CT molecular complexity index is 299. The zero-order valence-corrected chi connectivity index (χ0v) is 8.55. The van der Waals surface area contributed by atoms with E-state index in [0.29, 0.717) is 0 Å². The van der Waals surface area contributed by atoms with Gasteiger partial charge in [0.15, 0.2) is 0 Å². The van der Waals surface area contributed by atoms with Crippen LogP contribution in [0.3, 0.4) is 0 Å². The molecular formula is C8H4N2SSe. The van der Waals surface area contributed by atoms with Gasteiger partial charge in [0.2, 0.25) is 0 Å². The Morgan fingerprint density at radius 1 is 1.17 bits per heavy atom. The second-order valence-electron chi connectivity index (χ2n) is 1.86. The summed E-state index contributed by atoms with van der Waals surface area (Å²) in [6.07, 6.45) is 0. The Labute approximate surface area is 81.4 Å². The number of thiocyanates is 1. The first-order valence-electron chi connectivity index (χ1n) is 3.09. The van der Waals surface area contributed by atoms with E-state index in [1.165, 1.54) is 0 Å². The molecule has 0 aliphatic carbocycles. The number of benzene rings is 1. The molecule has 1 aromatic rings. The first-order chi connectivity index (χ1) is 5.86. The molecule has 0 bridgehead atoms. The maximum absolute atomic E-state index is 8.41. The van der Waals surface area contributed by atoms with Gasteiger partial charge >= 0.3 is 81.2 Å². The van der Waals surface area contributed by atoms with Gasteiger partial charge in [-0.1, -0.05) is 0 Å². The number of hydrogen-bond donors (Lipinski definition) is 0. The van der Waals surface area contributed by atoms with Gasteiger partial charge in [-0.25, -0.2) is 0 Å². The van der Waals surface area contributed by atoms with Crippen LogP contribution in [0.2, 0.25) is 0 Å². The van der Waals surface area contributed by atoms with Crippen molar-refractivity contribution in [2.45, 2.75) is 4.90 Å². The molecule has 58 valence electrons. The van der Waals surface area contributed by atoms with E-state index >= 15 is 0 Å². The molecule has 0 spiro atoms. The van der Waals surface area contributed by atoms with E-state index in [-0.39, 0.29) is 15.0 Å². The van der Waals surface area contributed by atoms with E-state index in [2.05, 4.69) is 4.97 Å². The summed E-state index contributed by atoms with van der Waals surface area (Å²) in [5.74, 6) is 0. The number of hydrogen-bond acceptors (Lipinski definition) is 3. The van der Waals surface area contributed by atoms with E-state index in [1.807, 2.05) is 29.7 Å². The van der Waals surface area contributed by atoms with Gasteiger partial charge < -0.3 is 0 Å². The average molecular weight is 239 g/mol. The van der Waals surface area contributed by atoms with Crippen LogP contribution in [-0.4, -0.2) is 15.0 Å². The molecular weight excluding hydrogens is 235 g/mol. The molecule has 12 heavy (non-hydrogen) atoms. The Morgan fingerprint density at radius 2 is 1.83 bits per heavy atom. The summed E-state index contributed by atoms with van der Waals surface area (Å²) in [6, 6.07) is 7.51. The van der Waals surface area contributed by atoms with E-state index in [1.54, 1.807) is 0 Å². The third-order valence-corrected chi connectivity index (χ3v) is 3.01. The number of thioether (sulfide) groups is 1. The normalized spacial score (nSPS) is 8.50. The monoisotopic (exact) mass is 240 g/mol. The molecule has 0 amide bonds. The molecule has 0 saturated carbocycles. The van der Waals surface area contributed by atoms with Crippen molar-refractivity contribution in [1.82, 2.24) is 0 Å². The summed E-state index contributed by atoms with van der Waals surface area (Å²) in [6.45, 7) is 0. The minimum atomic E-state index is -0.0875. The van der Waals surface area contributed by atoms with Crippen LogP contribution in [0.25, 0.3) is 0 Å². The average Bonchev–Trinajstić information content (AvgIpc) is 2.09. The van der Waals surface area contributed by atoms with Crippen molar-refractivity contribution in [2.24, 2.45) is 0 Å². The molecule has 0 aliphatic rings. The molecule has 0 unspecified atom stereocenters. The SMILES string of the molecule is N#CSc1ccc([Se]C#N)cc1. The van der Waals surface area contributed by atoms with Gasteiger partial charge in [-0.3, -0.25) is 0 Å². The summed E-state index contributed by atoms with van der Waals surface area (Å²) in [4.78, 5) is 3.05. The van der Waals surface area contributed by atoms with Gasteiger partial charge in [-0.15, -0.1) is 0 Å². The molecule has 0 aromatic heterocycles. The predicted molar refractivity (Wildman–Crippen MR) is 48.9 cm³/mol. The van der Waals surface area contributed by atoms with E-state index in [9.17, 15) is 0 Å². The van der Waals surface area contributed by atoms with Crippen LogP contribution in [0.4, 0.5) is 0 Å². The molecule has 4 heteroatoms. The zero-order chi connectivity index (χ0) is 8.81. The van der Waals surface area contributed by atoms with E-state index < -0.39 is 0 Å². The predicted octanol–water partition coefficient (Wildman–Crippen LogP) is 1.07. The second kappa shape index (κ2) is 4.85. The maximum atomic E-state index is 8.41. The van der Waals surface area contributed by atoms with Gasteiger partial charge in [0.1, 0.15) is 0 Å². The van der Waals surface area contributed by atoms with Crippen molar-refractivity contribution in [2.75, 3.05) is 0 Å². The van der Waals surface area contributed by atoms with Crippen molar-refractivity contribution in [1.29, 1.82) is 10.5 Å². The summed E-state index contributed by atoms with van der Waals surface area (Å²) < 4.78 is 1.05. The van der Waals surface area contributed by atoms with Crippen LogP contribution in [0.5, 0.6) is 0 Å². The Kier molecular flexibility index (Phi) is 3.70. The van der Waals surface area contributed by atoms with Gasteiger partial charge in [0.05, 0.1) is 0 Å². The Balaban J connectivity index is 2.74. The van der Waals surface area contributed by atoms with Crippen LogP contribution in [-0.2, 0) is 0 Å². The van der Waals surface area contributed by atoms with Crippen molar-refractivity contribution < 1.29 is 0 Å². The first-order valence-corrected chi connectivity index (χ1v) is 5.61. The number of nitriles is 2.